The number of nitrogens with zero attached hydrogens (tertiary/aromatic N) is 2. The summed E-state index contributed by atoms with van der Waals surface area (Å²) < 4.78 is 5.70. The number of benzene rings is 1. The number of hydrogen-bond acceptors (Lipinski definition) is 4. The second kappa shape index (κ2) is 6.72. The Morgan fingerprint density at radius 1 is 1.26 bits per heavy atom. The topological polar surface area (TPSA) is 56.9 Å². The molecule has 5 nitrogen and oxygen atoms in total. The van der Waals surface area contributed by atoms with E-state index in [1.54, 1.807) is 0 Å². The minimum absolute atomic E-state index is 0.0467. The zero-order valence-corrected chi connectivity index (χ0v) is 13.8. The van der Waals surface area contributed by atoms with Gasteiger partial charge in [0, 0.05) is 38.1 Å². The zero-order valence-electron chi connectivity index (χ0n) is 13.8. The van der Waals surface area contributed by atoms with Crippen LogP contribution in [-0.2, 0) is 0 Å². The molecular formula is C18H24N2O3. The molecular weight excluding hydrogens is 292 g/mol. The summed E-state index contributed by atoms with van der Waals surface area (Å²) in [6.45, 7) is 7.62. The highest BCUT2D eigenvalue weighted by Crippen LogP contribution is 2.22. The van der Waals surface area contributed by atoms with Gasteiger partial charge in [0.25, 0.3) is 5.91 Å². The highest BCUT2D eigenvalue weighted by molar-refractivity contribution is 5.96. The maximum Gasteiger partial charge on any atom is 0.289 e. The lowest BCUT2D eigenvalue weighted by molar-refractivity contribution is 0.0502. The smallest absolute Gasteiger partial charge is 0.289 e. The molecule has 2 aromatic rings. The van der Waals surface area contributed by atoms with Crippen molar-refractivity contribution < 1.29 is 14.3 Å². The summed E-state index contributed by atoms with van der Waals surface area (Å²) in [6, 6.07) is 7.75. The third kappa shape index (κ3) is 3.57. The number of carbonyl (C=O) groups is 1. The summed E-state index contributed by atoms with van der Waals surface area (Å²) >= 11 is 0. The lowest BCUT2D eigenvalue weighted by Gasteiger charge is -2.35. The summed E-state index contributed by atoms with van der Waals surface area (Å²) in [6.07, 6.45) is 0.480. The van der Waals surface area contributed by atoms with Crippen LogP contribution < -0.4 is 0 Å². The van der Waals surface area contributed by atoms with E-state index in [2.05, 4.69) is 4.90 Å². The van der Waals surface area contributed by atoms with E-state index in [-0.39, 0.29) is 12.0 Å². The van der Waals surface area contributed by atoms with Crippen LogP contribution >= 0.6 is 0 Å². The lowest BCUT2D eigenvalue weighted by Crippen LogP contribution is -2.50. The first-order valence-electron chi connectivity index (χ1n) is 8.26. The van der Waals surface area contributed by atoms with Gasteiger partial charge in [-0.15, -0.1) is 0 Å². The molecule has 3 rings (SSSR count). The third-order valence-electron chi connectivity index (χ3n) is 4.48. The molecule has 1 fully saturated rings. The number of β-amino-alcohol motifs (C(OH)–C–C–N with tert-alkyl or cyclic N) is 1. The molecule has 0 spiro atoms. The van der Waals surface area contributed by atoms with Crippen LogP contribution in [0.1, 0.15) is 29.5 Å². The molecule has 0 unspecified atom stereocenters. The summed E-state index contributed by atoms with van der Waals surface area (Å²) in [5.41, 5.74) is 1.91. The van der Waals surface area contributed by atoms with Gasteiger partial charge in [-0.1, -0.05) is 18.6 Å². The van der Waals surface area contributed by atoms with E-state index in [9.17, 15) is 9.90 Å². The molecule has 124 valence electrons. The van der Waals surface area contributed by atoms with Crippen LogP contribution in [0.2, 0.25) is 0 Å². The van der Waals surface area contributed by atoms with Gasteiger partial charge in [0.2, 0.25) is 0 Å². The molecule has 1 atom stereocenters. The number of fused-ring (bicyclic) bond motifs is 1. The van der Waals surface area contributed by atoms with Crippen LogP contribution in [-0.4, -0.2) is 59.6 Å². The van der Waals surface area contributed by atoms with E-state index < -0.39 is 0 Å². The number of aliphatic hydroxyl groups is 1. The minimum Gasteiger partial charge on any atom is -0.451 e. The molecule has 1 aliphatic heterocycles. The predicted molar refractivity (Wildman–Crippen MR) is 89.6 cm³/mol. The Kier molecular flexibility index (Phi) is 4.68. The van der Waals surface area contributed by atoms with Crippen molar-refractivity contribution in [1.82, 2.24) is 9.80 Å². The van der Waals surface area contributed by atoms with Crippen molar-refractivity contribution in [3.8, 4) is 0 Å². The molecule has 0 aliphatic carbocycles. The van der Waals surface area contributed by atoms with Crippen molar-refractivity contribution >= 4 is 16.9 Å². The van der Waals surface area contributed by atoms with E-state index in [0.29, 0.717) is 25.4 Å². The fraction of sp³-hybridized carbons (Fsp3) is 0.500. The number of amides is 1. The Morgan fingerprint density at radius 3 is 2.70 bits per heavy atom. The number of aryl methyl sites for hydroxylation is 1. The first-order chi connectivity index (χ1) is 11.1. The second-order valence-electron chi connectivity index (χ2n) is 6.31. The normalized spacial score (nSPS) is 17.6. The van der Waals surface area contributed by atoms with E-state index in [4.69, 9.17) is 4.42 Å². The van der Waals surface area contributed by atoms with Gasteiger partial charge in [0.15, 0.2) is 5.76 Å². The standard InChI is InChI=1S/C18H24N2O3/c1-3-15(21)12-19-6-8-20(9-7-19)18(22)17-11-14-10-13(2)4-5-16(14)23-17/h4-5,10-11,15,21H,3,6-9,12H2,1-2H3/t15-/m1/s1. The van der Waals surface area contributed by atoms with Gasteiger partial charge in [0.05, 0.1) is 6.10 Å². The second-order valence-corrected chi connectivity index (χ2v) is 6.31. The van der Waals surface area contributed by atoms with Crippen molar-refractivity contribution in [2.24, 2.45) is 0 Å². The maximum absolute atomic E-state index is 12.6. The zero-order chi connectivity index (χ0) is 16.4. The molecule has 5 heteroatoms. The molecule has 23 heavy (non-hydrogen) atoms. The number of carbonyl (C=O) groups excluding carboxylic acids is 1. The summed E-state index contributed by atoms with van der Waals surface area (Å²) in [4.78, 5) is 16.6. The summed E-state index contributed by atoms with van der Waals surface area (Å²) in [5, 5.41) is 10.7. The van der Waals surface area contributed by atoms with Crippen molar-refractivity contribution in [3.05, 3.63) is 35.6 Å². The van der Waals surface area contributed by atoms with Gasteiger partial charge >= 0.3 is 0 Å². The number of aliphatic hydroxyl groups excluding tert-OH is 1. The fourth-order valence-electron chi connectivity index (χ4n) is 2.98. The Labute approximate surface area is 136 Å². The summed E-state index contributed by atoms with van der Waals surface area (Å²) in [7, 11) is 0. The molecule has 0 saturated carbocycles. The molecule has 1 aliphatic rings. The number of piperazine rings is 1. The van der Waals surface area contributed by atoms with Crippen molar-refractivity contribution in [2.45, 2.75) is 26.4 Å². The minimum atomic E-state index is -0.282. The molecule has 1 amide bonds. The Morgan fingerprint density at radius 2 is 2.00 bits per heavy atom. The maximum atomic E-state index is 12.6. The van der Waals surface area contributed by atoms with Crippen LogP contribution in [0.25, 0.3) is 11.0 Å². The quantitative estimate of drug-likeness (QED) is 0.940. The van der Waals surface area contributed by atoms with Gasteiger partial charge in [0.1, 0.15) is 5.58 Å². The molecule has 1 saturated heterocycles. The Balaban J connectivity index is 1.64. The Hall–Kier alpha value is -1.85. The molecule has 1 aromatic carbocycles. The van der Waals surface area contributed by atoms with Gasteiger partial charge in [-0.2, -0.15) is 0 Å². The van der Waals surface area contributed by atoms with Crippen molar-refractivity contribution in [3.63, 3.8) is 0 Å². The van der Waals surface area contributed by atoms with Gasteiger partial charge in [-0.3, -0.25) is 9.69 Å². The lowest BCUT2D eigenvalue weighted by atomic mass is 10.2. The molecule has 0 radical (unpaired) electrons. The monoisotopic (exact) mass is 316 g/mol. The van der Waals surface area contributed by atoms with Crippen LogP contribution in [0.4, 0.5) is 0 Å². The largest absolute Gasteiger partial charge is 0.451 e. The van der Waals surface area contributed by atoms with E-state index in [0.717, 1.165) is 36.0 Å². The van der Waals surface area contributed by atoms with Crippen LogP contribution in [0.5, 0.6) is 0 Å². The van der Waals surface area contributed by atoms with Crippen molar-refractivity contribution in [1.29, 1.82) is 0 Å². The molecule has 0 bridgehead atoms. The van der Waals surface area contributed by atoms with Crippen molar-refractivity contribution in [2.75, 3.05) is 32.7 Å². The highest BCUT2D eigenvalue weighted by Gasteiger charge is 2.25. The fourth-order valence-corrected chi connectivity index (χ4v) is 2.98. The third-order valence-corrected chi connectivity index (χ3v) is 4.48. The first-order valence-corrected chi connectivity index (χ1v) is 8.26. The summed E-state index contributed by atoms with van der Waals surface area (Å²) in [5.74, 6) is 0.363. The highest BCUT2D eigenvalue weighted by atomic mass is 16.3. The SMILES string of the molecule is CC[C@@H](O)CN1CCN(C(=O)c2cc3cc(C)ccc3o2)CC1. The molecule has 1 N–H and O–H groups in total. The van der Waals surface area contributed by atoms with Crippen LogP contribution in [0.3, 0.4) is 0 Å². The predicted octanol–water partition coefficient (Wildman–Crippen LogP) is 2.27. The van der Waals surface area contributed by atoms with E-state index in [1.165, 1.54) is 0 Å². The van der Waals surface area contributed by atoms with Gasteiger partial charge in [-0.05, 0) is 31.5 Å². The van der Waals surface area contributed by atoms with Crippen LogP contribution in [0, 0.1) is 6.92 Å². The van der Waals surface area contributed by atoms with E-state index in [1.807, 2.05) is 43.0 Å². The van der Waals surface area contributed by atoms with Gasteiger partial charge in [-0.25, -0.2) is 0 Å². The number of rotatable bonds is 4. The molecule has 2 heterocycles. The van der Waals surface area contributed by atoms with Gasteiger partial charge < -0.3 is 14.4 Å². The average Bonchev–Trinajstić information content (AvgIpc) is 2.97. The average molecular weight is 316 g/mol. The van der Waals surface area contributed by atoms with E-state index >= 15 is 0 Å². The first kappa shape index (κ1) is 16.0. The van der Waals surface area contributed by atoms with Crippen LogP contribution in [0.15, 0.2) is 28.7 Å². The number of furan rings is 1. The number of hydrogen-bond donors (Lipinski definition) is 1. The molecule has 1 aromatic heterocycles. The Bertz CT molecular complexity index is 687.